The molecule has 4 heteroatoms. The summed E-state index contributed by atoms with van der Waals surface area (Å²) in [6.07, 6.45) is 0. The van der Waals surface area contributed by atoms with Crippen molar-refractivity contribution in [3.63, 3.8) is 0 Å². The lowest BCUT2D eigenvalue weighted by Gasteiger charge is -2.10. The van der Waals surface area contributed by atoms with Gasteiger partial charge in [-0.3, -0.25) is 0 Å². The van der Waals surface area contributed by atoms with Crippen LogP contribution in [-0.2, 0) is 15.6 Å². The van der Waals surface area contributed by atoms with Crippen LogP contribution >= 0.6 is 0 Å². The molecule has 0 bridgehead atoms. The van der Waals surface area contributed by atoms with Gasteiger partial charge in [0.15, 0.2) is 9.84 Å². The predicted molar refractivity (Wildman–Crippen MR) is 67.9 cm³/mol. The average Bonchev–Trinajstić information content (AvgIpc) is 2.10. The molecule has 0 atom stereocenters. The zero-order chi connectivity index (χ0) is 12.3. The molecule has 0 saturated carbocycles. The Kier molecular flexibility index (Phi) is 3.97. The van der Waals surface area contributed by atoms with Gasteiger partial charge in [-0.05, 0) is 30.0 Å². The highest BCUT2D eigenvalue weighted by atomic mass is 32.2. The summed E-state index contributed by atoms with van der Waals surface area (Å²) in [5.74, 6) is 0.467. The smallest absolute Gasteiger partial charge is 0.154 e. The van der Waals surface area contributed by atoms with E-state index in [1.807, 2.05) is 26.8 Å². The van der Waals surface area contributed by atoms with Gasteiger partial charge in [-0.2, -0.15) is 0 Å². The number of sulfone groups is 1. The molecule has 2 N–H and O–H groups in total. The molecule has 1 aromatic rings. The Morgan fingerprint density at radius 1 is 1.31 bits per heavy atom. The standard InChI is InChI=1S/C12H19NO2S/c1-9(2)7-16(14,15)8-11-5-4-6-12(13)10(11)3/h4-6,9H,7-8,13H2,1-3H3. The highest BCUT2D eigenvalue weighted by Gasteiger charge is 2.15. The van der Waals surface area contributed by atoms with Crippen molar-refractivity contribution in [3.05, 3.63) is 29.3 Å². The van der Waals surface area contributed by atoms with E-state index in [1.165, 1.54) is 0 Å². The second-order valence-electron chi connectivity index (χ2n) is 4.58. The molecular formula is C12H19NO2S. The van der Waals surface area contributed by atoms with E-state index in [9.17, 15) is 8.42 Å². The predicted octanol–water partition coefficient (Wildman–Crippen LogP) is 2.15. The summed E-state index contributed by atoms with van der Waals surface area (Å²) in [4.78, 5) is 0. The first-order valence-corrected chi connectivity index (χ1v) is 7.18. The fourth-order valence-corrected chi connectivity index (χ4v) is 3.58. The van der Waals surface area contributed by atoms with Crippen LogP contribution < -0.4 is 5.73 Å². The Hall–Kier alpha value is -1.03. The van der Waals surface area contributed by atoms with Crippen LogP contribution in [0.2, 0.25) is 0 Å². The molecule has 16 heavy (non-hydrogen) atoms. The van der Waals surface area contributed by atoms with Gasteiger partial charge in [0.25, 0.3) is 0 Å². The summed E-state index contributed by atoms with van der Waals surface area (Å²) in [6.45, 7) is 5.67. The van der Waals surface area contributed by atoms with Gasteiger partial charge in [0.1, 0.15) is 0 Å². The summed E-state index contributed by atoms with van der Waals surface area (Å²) in [6, 6.07) is 5.40. The first-order valence-electron chi connectivity index (χ1n) is 5.36. The van der Waals surface area contributed by atoms with Crippen LogP contribution in [0.1, 0.15) is 25.0 Å². The lowest BCUT2D eigenvalue weighted by Crippen LogP contribution is -2.14. The van der Waals surface area contributed by atoms with Crippen LogP contribution in [0.25, 0.3) is 0 Å². The molecule has 0 saturated heterocycles. The van der Waals surface area contributed by atoms with Crippen molar-refractivity contribution in [2.75, 3.05) is 11.5 Å². The van der Waals surface area contributed by atoms with Gasteiger partial charge in [-0.25, -0.2) is 8.42 Å². The minimum atomic E-state index is -3.03. The van der Waals surface area contributed by atoms with Gasteiger partial charge in [0.2, 0.25) is 0 Å². The van der Waals surface area contributed by atoms with Crippen LogP contribution in [0.3, 0.4) is 0 Å². The maximum absolute atomic E-state index is 11.8. The SMILES string of the molecule is Cc1c(N)cccc1CS(=O)(=O)CC(C)C. The molecule has 0 amide bonds. The Morgan fingerprint density at radius 2 is 1.94 bits per heavy atom. The van der Waals surface area contributed by atoms with Crippen molar-refractivity contribution < 1.29 is 8.42 Å². The largest absolute Gasteiger partial charge is 0.399 e. The molecule has 0 heterocycles. The third kappa shape index (κ3) is 3.52. The number of hydrogen-bond acceptors (Lipinski definition) is 3. The van der Waals surface area contributed by atoms with Crippen molar-refractivity contribution in [3.8, 4) is 0 Å². The van der Waals surface area contributed by atoms with Crippen molar-refractivity contribution in [1.82, 2.24) is 0 Å². The van der Waals surface area contributed by atoms with Gasteiger partial charge < -0.3 is 5.73 Å². The molecule has 0 aliphatic heterocycles. The van der Waals surface area contributed by atoms with E-state index in [0.29, 0.717) is 5.69 Å². The minimum Gasteiger partial charge on any atom is -0.399 e. The average molecular weight is 241 g/mol. The highest BCUT2D eigenvalue weighted by molar-refractivity contribution is 7.90. The second kappa shape index (κ2) is 4.87. The van der Waals surface area contributed by atoms with Crippen LogP contribution in [0.4, 0.5) is 5.69 Å². The van der Waals surface area contributed by atoms with Crippen LogP contribution in [0.15, 0.2) is 18.2 Å². The van der Waals surface area contributed by atoms with E-state index in [2.05, 4.69) is 0 Å². The van der Waals surface area contributed by atoms with Crippen molar-refractivity contribution in [2.45, 2.75) is 26.5 Å². The normalized spacial score (nSPS) is 12.0. The maximum Gasteiger partial charge on any atom is 0.154 e. The third-order valence-electron chi connectivity index (χ3n) is 2.45. The Bertz CT molecular complexity index is 464. The first kappa shape index (κ1) is 13.0. The fourth-order valence-electron chi connectivity index (χ4n) is 1.66. The molecule has 1 rings (SSSR count). The van der Waals surface area contributed by atoms with Gasteiger partial charge >= 0.3 is 0 Å². The summed E-state index contributed by atoms with van der Waals surface area (Å²) in [5.41, 5.74) is 8.07. The summed E-state index contributed by atoms with van der Waals surface area (Å²) >= 11 is 0. The molecule has 0 aliphatic carbocycles. The van der Waals surface area contributed by atoms with E-state index in [4.69, 9.17) is 5.73 Å². The molecule has 90 valence electrons. The van der Waals surface area contributed by atoms with E-state index >= 15 is 0 Å². The Morgan fingerprint density at radius 3 is 2.50 bits per heavy atom. The summed E-state index contributed by atoms with van der Waals surface area (Å²) < 4.78 is 23.7. The van der Waals surface area contributed by atoms with E-state index in [-0.39, 0.29) is 17.4 Å². The number of rotatable bonds is 4. The topological polar surface area (TPSA) is 60.2 Å². The molecule has 0 aromatic heterocycles. The van der Waals surface area contributed by atoms with Gasteiger partial charge in [-0.15, -0.1) is 0 Å². The third-order valence-corrected chi connectivity index (χ3v) is 4.38. The van der Waals surface area contributed by atoms with Crippen molar-refractivity contribution in [2.24, 2.45) is 5.92 Å². The lowest BCUT2D eigenvalue weighted by molar-refractivity contribution is 0.581. The van der Waals surface area contributed by atoms with E-state index in [1.54, 1.807) is 12.1 Å². The quantitative estimate of drug-likeness (QED) is 0.822. The zero-order valence-corrected chi connectivity index (χ0v) is 10.8. The highest BCUT2D eigenvalue weighted by Crippen LogP contribution is 2.18. The van der Waals surface area contributed by atoms with Crippen LogP contribution in [-0.4, -0.2) is 14.2 Å². The molecular weight excluding hydrogens is 222 g/mol. The Labute approximate surface area is 97.6 Å². The fraction of sp³-hybridized carbons (Fsp3) is 0.500. The van der Waals surface area contributed by atoms with Crippen molar-refractivity contribution >= 4 is 15.5 Å². The summed E-state index contributed by atoms with van der Waals surface area (Å²) in [5, 5.41) is 0. The van der Waals surface area contributed by atoms with Crippen LogP contribution in [0.5, 0.6) is 0 Å². The van der Waals surface area contributed by atoms with Crippen molar-refractivity contribution in [1.29, 1.82) is 0 Å². The number of nitrogens with two attached hydrogens (primary N) is 1. The number of benzene rings is 1. The molecule has 0 aliphatic rings. The van der Waals surface area contributed by atoms with Crippen LogP contribution in [0, 0.1) is 12.8 Å². The molecule has 3 nitrogen and oxygen atoms in total. The number of anilines is 1. The van der Waals surface area contributed by atoms with Gasteiger partial charge in [0, 0.05) is 5.69 Å². The van der Waals surface area contributed by atoms with Gasteiger partial charge in [0.05, 0.1) is 11.5 Å². The van der Waals surface area contributed by atoms with E-state index < -0.39 is 9.84 Å². The molecule has 0 radical (unpaired) electrons. The number of nitrogen functional groups attached to an aromatic ring is 1. The lowest BCUT2D eigenvalue weighted by atomic mass is 10.1. The zero-order valence-electron chi connectivity index (χ0n) is 10.0. The minimum absolute atomic E-state index is 0.0854. The maximum atomic E-state index is 11.8. The molecule has 1 aromatic carbocycles. The second-order valence-corrected chi connectivity index (χ2v) is 6.69. The Balaban J connectivity index is 2.93. The first-order chi connectivity index (χ1) is 7.32. The number of hydrogen-bond donors (Lipinski definition) is 1. The molecule has 0 spiro atoms. The monoisotopic (exact) mass is 241 g/mol. The molecule has 0 unspecified atom stereocenters. The van der Waals surface area contributed by atoms with Gasteiger partial charge in [-0.1, -0.05) is 26.0 Å². The van der Waals surface area contributed by atoms with E-state index in [0.717, 1.165) is 11.1 Å². The molecule has 0 fully saturated rings. The summed E-state index contributed by atoms with van der Waals surface area (Å²) in [7, 11) is -3.03.